The van der Waals surface area contributed by atoms with Crippen molar-refractivity contribution in [1.29, 1.82) is 0 Å². The van der Waals surface area contributed by atoms with Crippen LogP contribution in [-0.4, -0.2) is 87.4 Å². The standard InChI is InChI=1S/C53H99NO8/c1-6-8-10-12-14-16-18-20-22-24-25-26-28-29-31-33-35-37-39-41-43-50(55)60-47-49(48-61-53(52(57)58)59-46-45-54(3,4)5)62-51(56)44-42-40-38-36-34-32-30-27-23-21-19-17-15-13-11-9-7-2/h15,17,21,23,49,53H,6-14,16,18-20,22,24-48H2,1-5H3/p+1/b17-15-,23-21-. The quantitative estimate of drug-likeness (QED) is 0.0212. The van der Waals surface area contributed by atoms with E-state index in [9.17, 15) is 19.5 Å². The second-order valence-corrected chi connectivity index (χ2v) is 18.8. The van der Waals surface area contributed by atoms with Gasteiger partial charge in [0, 0.05) is 12.8 Å². The molecule has 9 nitrogen and oxygen atoms in total. The first kappa shape index (κ1) is 59.8. The topological polar surface area (TPSA) is 108 Å². The molecule has 1 N–H and O–H groups in total. The Kier molecular flexibility index (Phi) is 43.7. The van der Waals surface area contributed by atoms with Gasteiger partial charge in [0.15, 0.2) is 6.10 Å². The molecule has 0 spiro atoms. The van der Waals surface area contributed by atoms with Crippen molar-refractivity contribution in [3.05, 3.63) is 24.3 Å². The molecule has 0 radical (unpaired) electrons. The molecule has 0 aromatic heterocycles. The monoisotopic (exact) mass is 879 g/mol. The molecule has 0 fully saturated rings. The smallest absolute Gasteiger partial charge is 0.361 e. The highest BCUT2D eigenvalue weighted by Gasteiger charge is 2.25. The average Bonchev–Trinajstić information content (AvgIpc) is 3.23. The summed E-state index contributed by atoms with van der Waals surface area (Å²) in [6.07, 6.45) is 48.1. The van der Waals surface area contributed by atoms with E-state index in [1.54, 1.807) is 0 Å². The molecule has 0 aliphatic carbocycles. The molecule has 0 amide bonds. The lowest BCUT2D eigenvalue weighted by molar-refractivity contribution is -0.870. The first-order valence-corrected chi connectivity index (χ1v) is 26.0. The van der Waals surface area contributed by atoms with Gasteiger partial charge in [-0.1, -0.05) is 205 Å². The Balaban J connectivity index is 4.31. The third kappa shape index (κ3) is 45.8. The van der Waals surface area contributed by atoms with E-state index in [0.717, 1.165) is 51.4 Å². The van der Waals surface area contributed by atoms with Gasteiger partial charge < -0.3 is 28.5 Å². The number of likely N-dealkylation sites (N-methyl/N-ethyl adjacent to an activating group) is 1. The van der Waals surface area contributed by atoms with Crippen LogP contribution in [0.15, 0.2) is 24.3 Å². The van der Waals surface area contributed by atoms with Crippen LogP contribution in [0.25, 0.3) is 0 Å². The number of carbonyl (C=O) groups excluding carboxylic acids is 2. The van der Waals surface area contributed by atoms with Crippen LogP contribution in [0.2, 0.25) is 0 Å². The number of carboxylic acids is 1. The van der Waals surface area contributed by atoms with Gasteiger partial charge in [-0.3, -0.25) is 9.59 Å². The number of ether oxygens (including phenoxy) is 4. The lowest BCUT2D eigenvalue weighted by Gasteiger charge is -2.25. The molecule has 9 heteroatoms. The van der Waals surface area contributed by atoms with Crippen molar-refractivity contribution >= 4 is 17.9 Å². The second-order valence-electron chi connectivity index (χ2n) is 18.8. The van der Waals surface area contributed by atoms with E-state index in [2.05, 4.69) is 38.2 Å². The molecule has 0 rings (SSSR count). The largest absolute Gasteiger partial charge is 0.477 e. The third-order valence-corrected chi connectivity index (χ3v) is 11.5. The normalized spacial score (nSPS) is 13.0. The summed E-state index contributed by atoms with van der Waals surface area (Å²) in [5.41, 5.74) is 0. The van der Waals surface area contributed by atoms with Crippen LogP contribution >= 0.6 is 0 Å². The van der Waals surface area contributed by atoms with Crippen molar-refractivity contribution in [2.24, 2.45) is 0 Å². The van der Waals surface area contributed by atoms with Crippen molar-refractivity contribution in [1.82, 2.24) is 0 Å². The van der Waals surface area contributed by atoms with Gasteiger partial charge in [0.2, 0.25) is 0 Å². The van der Waals surface area contributed by atoms with Crippen molar-refractivity contribution in [3.63, 3.8) is 0 Å². The zero-order valence-corrected chi connectivity index (χ0v) is 41.3. The van der Waals surface area contributed by atoms with E-state index in [1.807, 2.05) is 21.1 Å². The zero-order valence-electron chi connectivity index (χ0n) is 41.3. The van der Waals surface area contributed by atoms with Crippen molar-refractivity contribution < 1.29 is 42.9 Å². The summed E-state index contributed by atoms with van der Waals surface area (Å²) in [5.74, 6) is -2.00. The molecule has 0 saturated carbocycles. The Hall–Kier alpha value is -2.23. The highest BCUT2D eigenvalue weighted by molar-refractivity contribution is 5.71. The van der Waals surface area contributed by atoms with E-state index >= 15 is 0 Å². The predicted octanol–water partition coefficient (Wildman–Crippen LogP) is 14.4. The van der Waals surface area contributed by atoms with Gasteiger partial charge in [-0.2, -0.15) is 0 Å². The maximum Gasteiger partial charge on any atom is 0.361 e. The van der Waals surface area contributed by atoms with Crippen LogP contribution in [0.1, 0.15) is 239 Å². The summed E-state index contributed by atoms with van der Waals surface area (Å²) in [5, 5.41) is 9.67. The minimum atomic E-state index is -1.51. The maximum absolute atomic E-state index is 12.8. The van der Waals surface area contributed by atoms with E-state index in [1.165, 1.54) is 154 Å². The first-order valence-electron chi connectivity index (χ1n) is 26.0. The van der Waals surface area contributed by atoms with Crippen LogP contribution in [0.4, 0.5) is 0 Å². The number of nitrogens with zero attached hydrogens (tertiary/aromatic N) is 1. The van der Waals surface area contributed by atoms with E-state index < -0.39 is 24.3 Å². The molecule has 0 bridgehead atoms. The fourth-order valence-electron chi connectivity index (χ4n) is 7.40. The van der Waals surface area contributed by atoms with E-state index in [-0.39, 0.29) is 32.2 Å². The highest BCUT2D eigenvalue weighted by Crippen LogP contribution is 2.16. The minimum Gasteiger partial charge on any atom is -0.477 e. The summed E-state index contributed by atoms with van der Waals surface area (Å²) >= 11 is 0. The molecule has 0 saturated heterocycles. The van der Waals surface area contributed by atoms with E-state index in [0.29, 0.717) is 23.9 Å². The Morgan fingerprint density at radius 2 is 0.871 bits per heavy atom. The van der Waals surface area contributed by atoms with Gasteiger partial charge in [0.25, 0.3) is 6.29 Å². The van der Waals surface area contributed by atoms with Crippen molar-refractivity contribution in [3.8, 4) is 0 Å². The number of hydrogen-bond acceptors (Lipinski definition) is 7. The van der Waals surface area contributed by atoms with Gasteiger partial charge >= 0.3 is 17.9 Å². The van der Waals surface area contributed by atoms with Gasteiger partial charge in [-0.15, -0.1) is 0 Å². The van der Waals surface area contributed by atoms with Gasteiger partial charge in [-0.25, -0.2) is 4.79 Å². The lowest BCUT2D eigenvalue weighted by Crippen LogP contribution is -2.40. The molecule has 2 atom stereocenters. The molecule has 364 valence electrons. The summed E-state index contributed by atoms with van der Waals surface area (Å²) in [6, 6.07) is 0. The fourth-order valence-corrected chi connectivity index (χ4v) is 7.40. The molecule has 0 aliphatic rings. The molecular formula is C53H100NO8+. The molecule has 0 heterocycles. The number of quaternary nitrogens is 1. The van der Waals surface area contributed by atoms with Crippen molar-refractivity contribution in [2.75, 3.05) is 47.5 Å². The van der Waals surface area contributed by atoms with Gasteiger partial charge in [0.1, 0.15) is 13.2 Å². The maximum atomic E-state index is 12.8. The summed E-state index contributed by atoms with van der Waals surface area (Å²) in [4.78, 5) is 37.3. The average molecular weight is 879 g/mol. The van der Waals surface area contributed by atoms with Gasteiger partial charge in [-0.05, 0) is 44.9 Å². The molecule has 0 aliphatic heterocycles. The Morgan fingerprint density at radius 3 is 1.31 bits per heavy atom. The number of esters is 2. The number of allylic oxidation sites excluding steroid dienone is 4. The molecular weight excluding hydrogens is 779 g/mol. The van der Waals surface area contributed by atoms with E-state index in [4.69, 9.17) is 18.9 Å². The Labute approximate surface area is 382 Å². The van der Waals surface area contributed by atoms with Crippen LogP contribution in [0.5, 0.6) is 0 Å². The number of unbranched alkanes of at least 4 members (excludes halogenated alkanes) is 29. The zero-order chi connectivity index (χ0) is 45.6. The highest BCUT2D eigenvalue weighted by atomic mass is 16.7. The Bertz CT molecular complexity index is 1070. The third-order valence-electron chi connectivity index (χ3n) is 11.5. The van der Waals surface area contributed by atoms with Crippen LogP contribution in [0.3, 0.4) is 0 Å². The lowest BCUT2D eigenvalue weighted by atomic mass is 10.0. The number of aliphatic carboxylic acids is 1. The van der Waals surface area contributed by atoms with Crippen LogP contribution in [-0.2, 0) is 33.3 Å². The molecule has 0 aromatic rings. The summed E-state index contributed by atoms with van der Waals surface area (Å²) < 4.78 is 22.8. The second kappa shape index (κ2) is 45.3. The predicted molar refractivity (Wildman–Crippen MR) is 258 cm³/mol. The summed E-state index contributed by atoms with van der Waals surface area (Å²) in [6.45, 7) is 4.87. The number of carbonyl (C=O) groups is 3. The van der Waals surface area contributed by atoms with Gasteiger partial charge in [0.05, 0.1) is 34.4 Å². The van der Waals surface area contributed by atoms with Crippen LogP contribution in [0, 0.1) is 0 Å². The Morgan fingerprint density at radius 1 is 0.484 bits per heavy atom. The van der Waals surface area contributed by atoms with Crippen LogP contribution < -0.4 is 0 Å². The number of carboxylic acid groups (broad SMARTS) is 1. The number of hydrogen-bond donors (Lipinski definition) is 1. The molecule has 2 unspecified atom stereocenters. The fraction of sp³-hybridized carbons (Fsp3) is 0.868. The molecule has 62 heavy (non-hydrogen) atoms. The first-order chi connectivity index (χ1) is 30.1. The molecule has 0 aromatic carbocycles. The number of rotatable bonds is 48. The summed E-state index contributed by atoms with van der Waals surface area (Å²) in [7, 11) is 5.96. The SMILES string of the molecule is CCCCC/C=C\C/C=C\CCCCCCCCCC(=O)OC(COC(=O)CCCCCCCCCCCCCCCCCCCCCC)COC(OCC[N+](C)(C)C)C(=O)O. The minimum absolute atomic E-state index is 0.181. The van der Waals surface area contributed by atoms with Crippen molar-refractivity contribution in [2.45, 2.75) is 251 Å².